The lowest BCUT2D eigenvalue weighted by atomic mass is 9.95. The van der Waals surface area contributed by atoms with Crippen LogP contribution in [-0.2, 0) is 32.5 Å². The maximum atomic E-state index is 12.4. The summed E-state index contributed by atoms with van der Waals surface area (Å²) < 4.78 is 27.0. The second-order valence-corrected chi connectivity index (χ2v) is 8.49. The van der Waals surface area contributed by atoms with E-state index in [-0.39, 0.29) is 4.90 Å². The van der Waals surface area contributed by atoms with E-state index in [2.05, 4.69) is 4.72 Å². The van der Waals surface area contributed by atoms with Gasteiger partial charge in [0.15, 0.2) is 4.87 Å². The molecule has 0 saturated heterocycles. The fraction of sp³-hybridized carbons (Fsp3) is 0.278. The standard InChI is InChI=1S/C18H18ClNO4S/c19-18(17(21)22,15-10-9-13-5-4-6-14(13)11-15)12-20-25(23,24)16-7-2-1-3-8-16/h1-3,7-11,20H,4-6,12H2,(H,21,22). The molecule has 2 aromatic rings. The molecule has 0 radical (unpaired) electrons. The molecule has 1 unspecified atom stereocenters. The Labute approximate surface area is 151 Å². The smallest absolute Gasteiger partial charge is 0.330 e. The normalized spacial score (nSPS) is 16.2. The SMILES string of the molecule is O=C(O)C(Cl)(CNS(=O)(=O)c1ccccc1)c1ccc2c(c1)CCC2. The van der Waals surface area contributed by atoms with Gasteiger partial charge in [-0.15, -0.1) is 0 Å². The Morgan fingerprint density at radius 3 is 2.48 bits per heavy atom. The molecule has 7 heteroatoms. The molecular formula is C18H18ClNO4S. The first kappa shape index (κ1) is 17.9. The van der Waals surface area contributed by atoms with Gasteiger partial charge in [-0.2, -0.15) is 0 Å². The summed E-state index contributed by atoms with van der Waals surface area (Å²) in [6.07, 6.45) is 2.88. The van der Waals surface area contributed by atoms with Crippen molar-refractivity contribution in [2.45, 2.75) is 29.0 Å². The molecule has 0 amide bonds. The topological polar surface area (TPSA) is 83.5 Å². The average Bonchev–Trinajstić information content (AvgIpc) is 3.08. The number of nitrogens with one attached hydrogen (secondary N) is 1. The lowest BCUT2D eigenvalue weighted by molar-refractivity contribution is -0.140. The van der Waals surface area contributed by atoms with Crippen LogP contribution in [0.4, 0.5) is 0 Å². The first-order chi connectivity index (χ1) is 11.8. The van der Waals surface area contributed by atoms with Crippen LogP contribution in [0.1, 0.15) is 23.1 Å². The van der Waals surface area contributed by atoms with Crippen LogP contribution in [-0.4, -0.2) is 26.0 Å². The Kier molecular flexibility index (Phi) is 4.86. The molecule has 1 aliphatic carbocycles. The number of carboxylic acid groups (broad SMARTS) is 1. The summed E-state index contributed by atoms with van der Waals surface area (Å²) in [5.74, 6) is -1.29. The molecule has 0 aromatic heterocycles. The van der Waals surface area contributed by atoms with Crippen LogP contribution in [0.15, 0.2) is 53.4 Å². The van der Waals surface area contributed by atoms with Crippen molar-refractivity contribution in [3.05, 3.63) is 65.2 Å². The molecule has 0 saturated carbocycles. The van der Waals surface area contributed by atoms with E-state index in [0.717, 1.165) is 24.8 Å². The van der Waals surface area contributed by atoms with E-state index in [9.17, 15) is 18.3 Å². The predicted octanol–water partition coefficient (Wildman–Crippen LogP) is 2.67. The van der Waals surface area contributed by atoms with E-state index >= 15 is 0 Å². The van der Waals surface area contributed by atoms with Crippen molar-refractivity contribution in [2.24, 2.45) is 0 Å². The highest BCUT2D eigenvalue weighted by atomic mass is 35.5. The number of rotatable bonds is 6. The number of hydrogen-bond donors (Lipinski definition) is 2. The fourth-order valence-electron chi connectivity index (χ4n) is 3.00. The minimum atomic E-state index is -3.84. The number of carboxylic acids is 1. The molecule has 25 heavy (non-hydrogen) atoms. The van der Waals surface area contributed by atoms with Gasteiger partial charge in [-0.1, -0.05) is 48.0 Å². The van der Waals surface area contributed by atoms with E-state index in [0.29, 0.717) is 5.56 Å². The fourth-order valence-corrected chi connectivity index (χ4v) is 4.35. The number of fused-ring (bicyclic) bond motifs is 1. The molecule has 132 valence electrons. The number of benzene rings is 2. The third kappa shape index (κ3) is 3.56. The lowest BCUT2D eigenvalue weighted by Crippen LogP contribution is -2.42. The summed E-state index contributed by atoms with van der Waals surface area (Å²) in [5.41, 5.74) is 2.66. The summed E-state index contributed by atoms with van der Waals surface area (Å²) in [6.45, 7) is -0.445. The quantitative estimate of drug-likeness (QED) is 0.756. The largest absolute Gasteiger partial charge is 0.480 e. The molecule has 0 aliphatic heterocycles. The Hall–Kier alpha value is -1.89. The number of aliphatic carboxylic acids is 1. The third-order valence-electron chi connectivity index (χ3n) is 4.45. The van der Waals surface area contributed by atoms with Crippen molar-refractivity contribution in [2.75, 3.05) is 6.54 Å². The highest BCUT2D eigenvalue weighted by molar-refractivity contribution is 7.89. The van der Waals surface area contributed by atoms with E-state index in [1.807, 2.05) is 6.07 Å². The summed E-state index contributed by atoms with van der Waals surface area (Å²) in [5, 5.41) is 9.64. The maximum Gasteiger partial charge on any atom is 0.330 e. The second kappa shape index (κ2) is 6.78. The maximum absolute atomic E-state index is 12.4. The Morgan fingerprint density at radius 2 is 1.80 bits per heavy atom. The number of halogens is 1. The highest BCUT2D eigenvalue weighted by Crippen LogP contribution is 2.33. The number of sulfonamides is 1. The van der Waals surface area contributed by atoms with Crippen molar-refractivity contribution >= 4 is 27.6 Å². The minimum Gasteiger partial charge on any atom is -0.480 e. The van der Waals surface area contributed by atoms with Crippen molar-refractivity contribution in [3.8, 4) is 0 Å². The number of alkyl halides is 1. The van der Waals surface area contributed by atoms with Gasteiger partial charge in [-0.3, -0.25) is 0 Å². The molecule has 0 bridgehead atoms. The van der Waals surface area contributed by atoms with Gasteiger partial charge in [0.1, 0.15) is 0 Å². The first-order valence-electron chi connectivity index (χ1n) is 7.92. The molecule has 0 fully saturated rings. The monoisotopic (exact) mass is 379 g/mol. The van der Waals surface area contributed by atoms with Gasteiger partial charge in [0.25, 0.3) is 0 Å². The molecule has 1 atom stereocenters. The molecule has 0 heterocycles. The number of carbonyl (C=O) groups is 1. The van der Waals surface area contributed by atoms with Gasteiger partial charge < -0.3 is 5.11 Å². The summed E-state index contributed by atoms with van der Waals surface area (Å²) in [4.78, 5) is 10.0. The van der Waals surface area contributed by atoms with Crippen LogP contribution in [0.3, 0.4) is 0 Å². The highest BCUT2D eigenvalue weighted by Gasteiger charge is 2.40. The second-order valence-electron chi connectivity index (χ2n) is 6.08. The molecule has 2 aromatic carbocycles. The van der Waals surface area contributed by atoms with Gasteiger partial charge in [-0.05, 0) is 48.1 Å². The van der Waals surface area contributed by atoms with Crippen LogP contribution in [0.2, 0.25) is 0 Å². The van der Waals surface area contributed by atoms with Crippen molar-refractivity contribution in [3.63, 3.8) is 0 Å². The van der Waals surface area contributed by atoms with E-state index in [1.54, 1.807) is 30.3 Å². The predicted molar refractivity (Wildman–Crippen MR) is 95.3 cm³/mol. The van der Waals surface area contributed by atoms with Gasteiger partial charge in [-0.25, -0.2) is 17.9 Å². The minimum absolute atomic E-state index is 0.0633. The van der Waals surface area contributed by atoms with E-state index < -0.39 is 27.4 Å². The number of hydrogen-bond acceptors (Lipinski definition) is 3. The molecule has 2 N–H and O–H groups in total. The first-order valence-corrected chi connectivity index (χ1v) is 9.78. The van der Waals surface area contributed by atoms with Gasteiger partial charge in [0, 0.05) is 6.54 Å². The molecular weight excluding hydrogens is 362 g/mol. The van der Waals surface area contributed by atoms with Crippen LogP contribution in [0.5, 0.6) is 0 Å². The molecule has 0 spiro atoms. The van der Waals surface area contributed by atoms with Crippen LogP contribution in [0.25, 0.3) is 0 Å². The Morgan fingerprint density at radius 1 is 1.12 bits per heavy atom. The zero-order valence-corrected chi connectivity index (χ0v) is 15.0. The van der Waals surface area contributed by atoms with Crippen molar-refractivity contribution < 1.29 is 18.3 Å². The van der Waals surface area contributed by atoms with Crippen molar-refractivity contribution in [1.82, 2.24) is 4.72 Å². The van der Waals surface area contributed by atoms with Gasteiger partial charge >= 0.3 is 5.97 Å². The summed E-state index contributed by atoms with van der Waals surface area (Å²) >= 11 is 6.37. The Balaban J connectivity index is 1.87. The van der Waals surface area contributed by atoms with Crippen molar-refractivity contribution in [1.29, 1.82) is 0 Å². The zero-order valence-electron chi connectivity index (χ0n) is 13.4. The Bertz CT molecular complexity index is 899. The van der Waals surface area contributed by atoms with Crippen LogP contribution < -0.4 is 4.72 Å². The van der Waals surface area contributed by atoms with Gasteiger partial charge in [0.05, 0.1) is 4.90 Å². The zero-order chi connectivity index (χ0) is 18.1. The van der Waals surface area contributed by atoms with Crippen LogP contribution in [0, 0.1) is 0 Å². The average molecular weight is 380 g/mol. The van der Waals surface area contributed by atoms with Gasteiger partial charge in [0.2, 0.25) is 10.0 Å². The molecule has 3 rings (SSSR count). The van der Waals surface area contributed by atoms with E-state index in [4.69, 9.17) is 11.6 Å². The summed E-state index contributed by atoms with van der Waals surface area (Å²) in [6, 6.07) is 13.1. The van der Waals surface area contributed by atoms with E-state index in [1.165, 1.54) is 17.7 Å². The van der Waals surface area contributed by atoms with Crippen LogP contribution >= 0.6 is 11.6 Å². The third-order valence-corrected chi connectivity index (χ3v) is 6.39. The summed E-state index contributed by atoms with van der Waals surface area (Å²) in [7, 11) is -3.84. The molecule has 5 nitrogen and oxygen atoms in total. The lowest BCUT2D eigenvalue weighted by Gasteiger charge is -2.24. The number of aryl methyl sites for hydroxylation is 2. The molecule has 1 aliphatic rings.